The first-order valence-electron chi connectivity index (χ1n) is 17.9. The van der Waals surface area contributed by atoms with Crippen molar-refractivity contribution in [3.63, 3.8) is 0 Å². The first kappa shape index (κ1) is 28.6. The van der Waals surface area contributed by atoms with E-state index in [2.05, 4.69) is 59.6 Å². The number of aromatic nitrogens is 2. The molecule has 1 saturated heterocycles. The van der Waals surface area contributed by atoms with Gasteiger partial charge in [0.15, 0.2) is 0 Å². The molecular weight excluding hydrogens is 596 g/mol. The van der Waals surface area contributed by atoms with Gasteiger partial charge in [0, 0.05) is 40.4 Å². The van der Waals surface area contributed by atoms with Gasteiger partial charge in [-0.15, -0.1) is 0 Å². The first-order valence-corrected chi connectivity index (χ1v) is 17.9. The number of hydrogen-bond acceptors (Lipinski definition) is 5. The fraction of sp³-hybridized carbons (Fsp3) is 0.439. The number of ether oxygens (including phenoxy) is 1. The number of amides is 1. The molecule has 1 N–H and O–H groups in total. The average molecular weight is 639 g/mol. The molecule has 4 heterocycles. The number of carbonyl (C=O) groups is 1. The second-order valence-electron chi connectivity index (χ2n) is 16.3. The van der Waals surface area contributed by atoms with Gasteiger partial charge in [-0.25, -0.2) is 9.78 Å². The highest BCUT2D eigenvalue weighted by Crippen LogP contribution is 2.61. The highest BCUT2D eigenvalue weighted by Gasteiger charge is 2.52. The minimum absolute atomic E-state index is 0.0251. The lowest BCUT2D eigenvalue weighted by atomic mass is 9.91. The van der Waals surface area contributed by atoms with Gasteiger partial charge in [-0.1, -0.05) is 18.2 Å². The van der Waals surface area contributed by atoms with Crippen molar-refractivity contribution in [3.8, 4) is 22.4 Å². The molecule has 1 amide bonds. The lowest BCUT2D eigenvalue weighted by Crippen LogP contribution is -2.50. The van der Waals surface area contributed by atoms with Crippen LogP contribution in [0.2, 0.25) is 0 Å². The molecule has 48 heavy (non-hydrogen) atoms. The highest BCUT2D eigenvalue weighted by molar-refractivity contribution is 6.07. The van der Waals surface area contributed by atoms with Crippen LogP contribution in [0.15, 0.2) is 70.2 Å². The Kier molecular flexibility index (Phi) is 6.00. The lowest BCUT2D eigenvalue weighted by Gasteiger charge is -2.36. The van der Waals surface area contributed by atoms with E-state index in [1.807, 2.05) is 31.9 Å². The van der Waals surface area contributed by atoms with E-state index in [4.69, 9.17) is 19.1 Å². The molecule has 4 fully saturated rings. The summed E-state index contributed by atoms with van der Waals surface area (Å²) in [5.41, 5.74) is 9.67. The van der Waals surface area contributed by atoms with Crippen molar-refractivity contribution in [2.24, 2.45) is 16.3 Å². The number of aromatic amines is 1. The van der Waals surface area contributed by atoms with E-state index in [0.717, 1.165) is 87.2 Å². The Morgan fingerprint density at radius 2 is 1.69 bits per heavy atom. The zero-order chi connectivity index (χ0) is 32.4. The van der Waals surface area contributed by atoms with E-state index in [9.17, 15) is 4.79 Å². The zero-order valence-electron chi connectivity index (χ0n) is 28.0. The lowest BCUT2D eigenvalue weighted by molar-refractivity contribution is 0.0142. The SMILES string of the molecule is CC(C)(C)OC(=O)N1[C@@H]2CC[C@@H](C2)[C@H]1C1=Nc2ccc(-c3ccc4c(c3)oc3cc(-c5cnc([C@H]6CCC7(CC7)C6)[nH]5)ccc34)cc2C1. The summed E-state index contributed by atoms with van der Waals surface area (Å²) in [5, 5.41) is 2.25. The quantitative estimate of drug-likeness (QED) is 0.212. The molecule has 5 aromatic rings. The number of nitrogens with zero attached hydrogens (tertiary/aromatic N) is 3. The second kappa shape index (κ2) is 10.1. The molecule has 3 saturated carbocycles. The molecule has 7 nitrogen and oxygen atoms in total. The standard InChI is InChI=1S/C41H42N4O3/c1-40(2,3)48-39(46)45-29-8-4-26(17-29)37(45)33-18-28-16-23(7-11-32(28)43-33)24-5-9-30-31-10-6-25(20-36(31)47-35(30)19-24)34-22-42-38(44-34)27-12-13-41(21-27)14-15-41/h5-7,9-11,16,19-20,22,26-27,29,37H,4,8,12-15,17-18,21H2,1-3H3,(H,42,44)/t26-,27-,29+,37-/m0/s1. The maximum atomic E-state index is 13.3. The third kappa shape index (κ3) is 4.64. The van der Waals surface area contributed by atoms with Gasteiger partial charge < -0.3 is 14.1 Å². The summed E-state index contributed by atoms with van der Waals surface area (Å²) in [6.07, 6.45) is 12.5. The Labute approximate surface area is 280 Å². The molecule has 4 atom stereocenters. The third-order valence-electron chi connectivity index (χ3n) is 12.0. The summed E-state index contributed by atoms with van der Waals surface area (Å²) < 4.78 is 12.3. The molecule has 2 bridgehead atoms. The van der Waals surface area contributed by atoms with Gasteiger partial charge in [-0.05, 0) is 137 Å². The minimum Gasteiger partial charge on any atom is -0.456 e. The first-order chi connectivity index (χ1) is 23.2. The molecule has 244 valence electrons. The van der Waals surface area contributed by atoms with E-state index in [1.165, 1.54) is 37.7 Å². The molecule has 7 heteroatoms. The third-order valence-corrected chi connectivity index (χ3v) is 12.0. The van der Waals surface area contributed by atoms with Crippen molar-refractivity contribution in [1.82, 2.24) is 14.9 Å². The summed E-state index contributed by atoms with van der Waals surface area (Å²) >= 11 is 0. The number of hydrogen-bond donors (Lipinski definition) is 1. The number of rotatable bonds is 4. The molecule has 0 radical (unpaired) electrons. The Morgan fingerprint density at radius 3 is 2.46 bits per heavy atom. The fourth-order valence-electron chi connectivity index (χ4n) is 9.46. The number of carbonyl (C=O) groups excluding carboxylic acids is 1. The van der Waals surface area contributed by atoms with E-state index in [-0.39, 0.29) is 18.2 Å². The van der Waals surface area contributed by atoms with Crippen LogP contribution >= 0.6 is 0 Å². The van der Waals surface area contributed by atoms with Crippen molar-refractivity contribution < 1.29 is 13.9 Å². The summed E-state index contributed by atoms with van der Waals surface area (Å²) in [6, 6.07) is 19.9. The van der Waals surface area contributed by atoms with Gasteiger partial charge in [0.2, 0.25) is 0 Å². The normalized spacial score (nSPS) is 25.4. The zero-order valence-corrected chi connectivity index (χ0v) is 28.0. The van der Waals surface area contributed by atoms with Crippen LogP contribution in [0.5, 0.6) is 0 Å². The topological polar surface area (TPSA) is 83.7 Å². The highest BCUT2D eigenvalue weighted by atomic mass is 16.6. The number of fused-ring (bicyclic) bond motifs is 6. The van der Waals surface area contributed by atoms with Crippen LogP contribution in [0.4, 0.5) is 10.5 Å². The van der Waals surface area contributed by atoms with Crippen molar-refractivity contribution >= 4 is 39.4 Å². The smallest absolute Gasteiger partial charge is 0.411 e. The summed E-state index contributed by atoms with van der Waals surface area (Å²) in [6.45, 7) is 5.81. The number of H-pyrrole nitrogens is 1. The Hall–Kier alpha value is -4.39. The van der Waals surface area contributed by atoms with Gasteiger partial charge in [-0.3, -0.25) is 9.89 Å². The molecule has 1 spiro atoms. The van der Waals surface area contributed by atoms with E-state index < -0.39 is 5.60 Å². The summed E-state index contributed by atoms with van der Waals surface area (Å²) in [7, 11) is 0. The number of furan rings is 1. The van der Waals surface area contributed by atoms with Crippen LogP contribution in [-0.2, 0) is 11.2 Å². The van der Waals surface area contributed by atoms with Gasteiger partial charge in [-0.2, -0.15) is 0 Å². The Balaban J connectivity index is 0.898. The number of piperidine rings is 1. The predicted octanol–water partition coefficient (Wildman–Crippen LogP) is 10.1. The molecule has 3 aromatic carbocycles. The molecule has 10 rings (SSSR count). The Bertz CT molecular complexity index is 2160. The maximum absolute atomic E-state index is 13.3. The average Bonchev–Trinajstić information content (AvgIpc) is 3.74. The number of nitrogens with one attached hydrogen (secondary N) is 1. The van der Waals surface area contributed by atoms with Crippen molar-refractivity contribution in [1.29, 1.82) is 0 Å². The number of benzene rings is 3. The molecule has 0 unspecified atom stereocenters. The summed E-state index contributed by atoms with van der Waals surface area (Å²) in [5.74, 6) is 2.17. The van der Waals surface area contributed by atoms with E-state index in [1.54, 1.807) is 0 Å². The van der Waals surface area contributed by atoms with Crippen LogP contribution in [-0.4, -0.2) is 44.4 Å². The number of likely N-dealkylation sites (tertiary alicyclic amines) is 1. The van der Waals surface area contributed by atoms with Gasteiger partial charge in [0.05, 0.1) is 23.6 Å². The van der Waals surface area contributed by atoms with Gasteiger partial charge >= 0.3 is 6.09 Å². The Morgan fingerprint density at radius 1 is 0.938 bits per heavy atom. The summed E-state index contributed by atoms with van der Waals surface area (Å²) in [4.78, 5) is 28.9. The molecular formula is C41H42N4O3. The fourth-order valence-corrected chi connectivity index (χ4v) is 9.46. The molecule has 5 aliphatic rings. The predicted molar refractivity (Wildman–Crippen MR) is 189 cm³/mol. The maximum Gasteiger partial charge on any atom is 0.411 e. The molecule has 3 aliphatic carbocycles. The van der Waals surface area contributed by atoms with E-state index in [0.29, 0.717) is 17.3 Å². The van der Waals surface area contributed by atoms with Crippen LogP contribution < -0.4 is 0 Å². The van der Waals surface area contributed by atoms with Crippen LogP contribution in [0, 0.1) is 11.3 Å². The van der Waals surface area contributed by atoms with Gasteiger partial charge in [0.1, 0.15) is 22.6 Å². The monoisotopic (exact) mass is 638 g/mol. The molecule has 2 aliphatic heterocycles. The van der Waals surface area contributed by atoms with Crippen LogP contribution in [0.25, 0.3) is 44.3 Å². The van der Waals surface area contributed by atoms with Crippen LogP contribution in [0.1, 0.15) is 89.4 Å². The second-order valence-corrected chi connectivity index (χ2v) is 16.3. The van der Waals surface area contributed by atoms with Crippen molar-refractivity contribution in [2.75, 3.05) is 0 Å². The van der Waals surface area contributed by atoms with Crippen molar-refractivity contribution in [3.05, 3.63) is 72.2 Å². The minimum atomic E-state index is -0.514. The van der Waals surface area contributed by atoms with Gasteiger partial charge in [0.25, 0.3) is 0 Å². The number of aliphatic imine (C=N–C) groups is 1. The largest absolute Gasteiger partial charge is 0.456 e. The molecule has 2 aromatic heterocycles. The van der Waals surface area contributed by atoms with E-state index >= 15 is 0 Å². The number of imidazole rings is 1. The van der Waals surface area contributed by atoms with Crippen molar-refractivity contribution in [2.45, 2.75) is 102 Å². The van der Waals surface area contributed by atoms with Crippen LogP contribution in [0.3, 0.4) is 0 Å².